The zero-order chi connectivity index (χ0) is 47.0. The van der Waals surface area contributed by atoms with E-state index in [0.717, 1.165) is 44.9 Å². The number of hydrogen-bond donors (Lipinski definition) is 2. The van der Waals surface area contributed by atoms with Crippen LogP contribution in [0.15, 0.2) is 36.4 Å². The fourth-order valence-electron chi connectivity index (χ4n) is 6.16. The fraction of sp³-hybridized carbons (Fsp3) is 0.673. The Labute approximate surface area is 370 Å². The molecule has 1 rings (SSSR count). The molecule has 62 heavy (non-hydrogen) atoms. The summed E-state index contributed by atoms with van der Waals surface area (Å²) < 4.78 is 27.3. The standard InChI is InChI=1S/C49H75NO12/c1-12-14-16-19-22-25-37(51)26-23-20-17-18-21-24-27-39(49(57,45(56)62-48(9,10)11)34-41(52)60-46(3,4)5)43(54)50-40(44(55)59-35-42(53)61-47(6,7)8)33-36-28-30-38(31-29-36)58-32-15-13-2/h24,27-31,39-40,57H,12,14,16-23,25-26,32-35H2,1-11H3,(H,50,54)/b27-24+/t39-,40+,49+/m1/s1. The van der Waals surface area contributed by atoms with Crippen molar-refractivity contribution in [1.82, 2.24) is 5.32 Å². The molecule has 0 aliphatic carbocycles. The first-order valence-corrected chi connectivity index (χ1v) is 22.0. The second-order valence-corrected chi connectivity index (χ2v) is 18.6. The van der Waals surface area contributed by atoms with E-state index >= 15 is 0 Å². The molecule has 1 amide bonds. The van der Waals surface area contributed by atoms with E-state index in [9.17, 15) is 33.9 Å². The molecule has 1 aromatic rings. The Morgan fingerprint density at radius 3 is 1.84 bits per heavy atom. The zero-order valence-corrected chi connectivity index (χ0v) is 39.4. The first-order chi connectivity index (χ1) is 28.9. The quantitative estimate of drug-likeness (QED) is 0.0285. The number of rotatable bonds is 27. The Hall–Kier alpha value is -4.70. The van der Waals surface area contributed by atoms with Gasteiger partial charge in [0.25, 0.3) is 0 Å². The summed E-state index contributed by atoms with van der Waals surface area (Å²) in [5.41, 5.74) is -5.21. The Morgan fingerprint density at radius 1 is 0.742 bits per heavy atom. The molecule has 0 fully saturated rings. The summed E-state index contributed by atoms with van der Waals surface area (Å²) in [4.78, 5) is 80.3. The maximum Gasteiger partial charge on any atom is 0.344 e. The third-order valence-electron chi connectivity index (χ3n) is 9.05. The molecule has 0 aromatic heterocycles. The predicted octanol–water partition coefficient (Wildman–Crippen LogP) is 8.25. The minimum Gasteiger partial charge on any atom is -0.481 e. The molecular weight excluding hydrogens is 795 g/mol. The third-order valence-corrected chi connectivity index (χ3v) is 9.05. The van der Waals surface area contributed by atoms with Crippen LogP contribution in [0.1, 0.15) is 165 Å². The molecule has 13 nitrogen and oxygen atoms in total. The second-order valence-electron chi connectivity index (χ2n) is 18.6. The van der Waals surface area contributed by atoms with E-state index in [1.54, 1.807) is 99.6 Å². The molecule has 0 saturated heterocycles. The zero-order valence-electron chi connectivity index (χ0n) is 39.4. The van der Waals surface area contributed by atoms with Gasteiger partial charge in [-0.05, 0) is 113 Å². The monoisotopic (exact) mass is 870 g/mol. The molecule has 13 heteroatoms. The third kappa shape index (κ3) is 24.7. The van der Waals surface area contributed by atoms with E-state index in [1.807, 2.05) is 0 Å². The summed E-state index contributed by atoms with van der Waals surface area (Å²) in [5.74, 6) is -0.433. The molecule has 0 unspecified atom stereocenters. The lowest BCUT2D eigenvalue weighted by atomic mass is 9.82. The van der Waals surface area contributed by atoms with Gasteiger partial charge >= 0.3 is 23.9 Å². The highest BCUT2D eigenvalue weighted by molar-refractivity contribution is 5.96. The predicted molar refractivity (Wildman–Crippen MR) is 238 cm³/mol. The van der Waals surface area contributed by atoms with Crippen LogP contribution < -0.4 is 10.1 Å². The van der Waals surface area contributed by atoms with Crippen LogP contribution in [0.5, 0.6) is 5.75 Å². The maximum absolute atomic E-state index is 14.5. The number of ketones is 1. The van der Waals surface area contributed by atoms with Crippen molar-refractivity contribution in [2.24, 2.45) is 5.92 Å². The molecule has 0 bridgehead atoms. The highest BCUT2D eigenvalue weighted by atomic mass is 16.6. The van der Waals surface area contributed by atoms with Gasteiger partial charge in [0.1, 0.15) is 41.0 Å². The number of Topliss-reactive ketones (excluding diaryl/α,β-unsaturated/α-hetero) is 1. The van der Waals surface area contributed by atoms with Crippen molar-refractivity contribution >= 4 is 35.6 Å². The number of unbranched alkanes of at least 4 members (excludes halogenated alkanes) is 8. The van der Waals surface area contributed by atoms with Crippen molar-refractivity contribution in [3.63, 3.8) is 0 Å². The SMILES string of the molecule is CC#CCOc1ccc(C[C@H](NC(=O)[C@@H](/C=C/CCCCCCC(=O)CCCCCCC)[C@@](O)(CC(=O)OC(C)(C)C)C(=O)OC(C)(C)C)C(=O)OCC(=O)OC(C)(C)C)cc1. The van der Waals surface area contributed by atoms with Crippen molar-refractivity contribution in [1.29, 1.82) is 0 Å². The summed E-state index contributed by atoms with van der Waals surface area (Å²) >= 11 is 0. The number of carbonyl (C=O) groups excluding carboxylic acids is 6. The highest BCUT2D eigenvalue weighted by Crippen LogP contribution is 2.30. The molecule has 2 N–H and O–H groups in total. The van der Waals surface area contributed by atoms with Gasteiger partial charge in [-0.15, -0.1) is 5.92 Å². The van der Waals surface area contributed by atoms with Gasteiger partial charge in [-0.25, -0.2) is 14.4 Å². The van der Waals surface area contributed by atoms with Gasteiger partial charge in [0.05, 0.1) is 12.3 Å². The average molecular weight is 870 g/mol. The summed E-state index contributed by atoms with van der Waals surface area (Å²) in [6.07, 6.45) is 12.0. The molecule has 0 saturated carbocycles. The molecule has 0 heterocycles. The Morgan fingerprint density at radius 2 is 1.29 bits per heavy atom. The number of amides is 1. The van der Waals surface area contributed by atoms with E-state index < -0.39 is 77.2 Å². The van der Waals surface area contributed by atoms with E-state index in [1.165, 1.54) is 12.5 Å². The van der Waals surface area contributed by atoms with Gasteiger partial charge in [-0.1, -0.05) is 75.7 Å². The highest BCUT2D eigenvalue weighted by Gasteiger charge is 2.52. The minimum absolute atomic E-state index is 0.136. The van der Waals surface area contributed by atoms with E-state index in [2.05, 4.69) is 24.1 Å². The number of carbonyl (C=O) groups is 6. The van der Waals surface area contributed by atoms with Crippen LogP contribution in [0, 0.1) is 17.8 Å². The average Bonchev–Trinajstić information content (AvgIpc) is 3.14. The van der Waals surface area contributed by atoms with Crippen molar-refractivity contribution < 1.29 is 57.6 Å². The van der Waals surface area contributed by atoms with Crippen LogP contribution in [0.2, 0.25) is 0 Å². The Kier molecular flexibility index (Phi) is 24.4. The molecule has 0 aliphatic heterocycles. The van der Waals surface area contributed by atoms with Gasteiger partial charge in [0, 0.05) is 19.3 Å². The number of allylic oxidation sites excluding steroid dienone is 1. The molecule has 3 atom stereocenters. The fourth-order valence-corrected chi connectivity index (χ4v) is 6.16. The smallest absolute Gasteiger partial charge is 0.344 e. The summed E-state index contributed by atoms with van der Waals surface area (Å²) in [5, 5.41) is 14.9. The number of hydrogen-bond acceptors (Lipinski definition) is 12. The molecular formula is C49H75NO12. The van der Waals surface area contributed by atoms with Gasteiger partial charge in [0.15, 0.2) is 12.2 Å². The maximum atomic E-state index is 14.5. The molecule has 0 spiro atoms. The normalized spacial score (nSPS) is 13.7. The van der Waals surface area contributed by atoms with Crippen molar-refractivity contribution in [3.8, 4) is 17.6 Å². The van der Waals surface area contributed by atoms with Crippen LogP contribution >= 0.6 is 0 Å². The first kappa shape index (κ1) is 55.3. The van der Waals surface area contributed by atoms with Gasteiger partial charge in [-0.2, -0.15) is 0 Å². The topological polar surface area (TPSA) is 181 Å². The summed E-state index contributed by atoms with van der Waals surface area (Å²) in [7, 11) is 0. The van der Waals surface area contributed by atoms with Gasteiger partial charge < -0.3 is 34.1 Å². The minimum atomic E-state index is -2.79. The number of esters is 4. The van der Waals surface area contributed by atoms with Crippen LogP contribution in [0.3, 0.4) is 0 Å². The largest absolute Gasteiger partial charge is 0.481 e. The lowest BCUT2D eigenvalue weighted by molar-refractivity contribution is -0.190. The van der Waals surface area contributed by atoms with Crippen LogP contribution in [-0.2, 0) is 54.1 Å². The van der Waals surface area contributed by atoms with Crippen LogP contribution in [0.25, 0.3) is 0 Å². The van der Waals surface area contributed by atoms with Gasteiger partial charge in [-0.3, -0.25) is 14.4 Å². The number of benzene rings is 1. The molecule has 0 radical (unpaired) electrons. The van der Waals surface area contributed by atoms with E-state index in [4.69, 9.17) is 23.7 Å². The van der Waals surface area contributed by atoms with Crippen LogP contribution in [0.4, 0.5) is 0 Å². The molecule has 1 aromatic carbocycles. The van der Waals surface area contributed by atoms with Crippen molar-refractivity contribution in [2.45, 2.75) is 194 Å². The Bertz CT molecular complexity index is 1670. The van der Waals surface area contributed by atoms with Gasteiger partial charge in [0.2, 0.25) is 5.91 Å². The summed E-state index contributed by atoms with van der Waals surface area (Å²) in [6.45, 7) is 17.9. The lowest BCUT2D eigenvalue weighted by Crippen LogP contribution is -2.57. The summed E-state index contributed by atoms with van der Waals surface area (Å²) in [6, 6.07) is 5.24. The van der Waals surface area contributed by atoms with Crippen molar-refractivity contribution in [2.75, 3.05) is 13.2 Å². The lowest BCUT2D eigenvalue weighted by Gasteiger charge is -2.35. The van der Waals surface area contributed by atoms with Crippen molar-refractivity contribution in [3.05, 3.63) is 42.0 Å². The number of ether oxygens (including phenoxy) is 5. The van der Waals surface area contributed by atoms with E-state index in [-0.39, 0.29) is 18.8 Å². The first-order valence-electron chi connectivity index (χ1n) is 22.0. The second kappa shape index (κ2) is 27.4. The Balaban J connectivity index is 3.49. The molecule has 0 aliphatic rings. The van der Waals surface area contributed by atoms with E-state index in [0.29, 0.717) is 37.0 Å². The van der Waals surface area contributed by atoms with Crippen LogP contribution in [-0.4, -0.2) is 82.3 Å². The number of aliphatic hydroxyl groups is 1. The number of nitrogens with one attached hydrogen (secondary N) is 1. The molecule has 348 valence electrons.